The van der Waals surface area contributed by atoms with E-state index in [9.17, 15) is 30.1 Å². The molecule has 0 aliphatic rings. The highest BCUT2D eigenvalue weighted by atomic mass is 32.2. The Hall–Kier alpha value is -4.28. The molecule has 0 fully saturated rings. The summed E-state index contributed by atoms with van der Waals surface area (Å²) in [7, 11) is 0. The van der Waals surface area contributed by atoms with Crippen LogP contribution in [0, 0.1) is 5.21 Å². The standard InChI is InChI=1S/C26H18N2O6S2/c29-20-9-3-6-12-23(20)36-24-15-16(13-14-18(24)26(32)33)28(34)27-19-8-2-5-11-22(19)35-21-10-4-1-7-17(21)25(30)31/h1-15,29H,(H,30,31)(H,32,33). The van der Waals surface area contributed by atoms with Gasteiger partial charge in [-0.25, -0.2) is 9.59 Å². The molecule has 0 radical (unpaired) electrons. The van der Waals surface area contributed by atoms with Gasteiger partial charge in [-0.2, -0.15) is 0 Å². The Kier molecular flexibility index (Phi) is 7.57. The average molecular weight is 519 g/mol. The number of para-hydroxylation sites is 1. The van der Waals surface area contributed by atoms with Gasteiger partial charge in [-0.05, 0) is 42.5 Å². The molecule has 0 saturated carbocycles. The number of phenols is 1. The largest absolute Gasteiger partial charge is 0.594 e. The summed E-state index contributed by atoms with van der Waals surface area (Å²) >= 11 is 2.19. The first-order valence-corrected chi connectivity index (χ1v) is 12.1. The van der Waals surface area contributed by atoms with Crippen molar-refractivity contribution in [2.24, 2.45) is 5.11 Å². The number of rotatable bonds is 8. The molecule has 36 heavy (non-hydrogen) atoms. The first kappa shape index (κ1) is 24.8. The lowest BCUT2D eigenvalue weighted by atomic mass is 10.2. The molecule has 0 atom stereocenters. The molecule has 3 N–H and O–H groups in total. The fourth-order valence-corrected chi connectivity index (χ4v) is 5.20. The third-order valence-corrected chi connectivity index (χ3v) is 7.17. The normalized spacial score (nSPS) is 11.3. The predicted molar refractivity (Wildman–Crippen MR) is 135 cm³/mol. The van der Waals surface area contributed by atoms with Crippen molar-refractivity contribution in [2.75, 3.05) is 0 Å². The van der Waals surface area contributed by atoms with Gasteiger partial charge in [0, 0.05) is 31.9 Å². The molecule has 10 heteroatoms. The van der Waals surface area contributed by atoms with Crippen molar-refractivity contribution in [1.29, 1.82) is 0 Å². The van der Waals surface area contributed by atoms with Gasteiger partial charge in [-0.3, -0.25) is 0 Å². The van der Waals surface area contributed by atoms with Crippen LogP contribution in [-0.4, -0.2) is 32.1 Å². The second-order valence-electron chi connectivity index (χ2n) is 7.30. The van der Waals surface area contributed by atoms with Crippen LogP contribution in [0.1, 0.15) is 20.7 Å². The highest BCUT2D eigenvalue weighted by molar-refractivity contribution is 7.99. The number of phenolic OH excluding ortho intramolecular Hbond substituents is 1. The second-order valence-corrected chi connectivity index (χ2v) is 9.47. The van der Waals surface area contributed by atoms with Crippen LogP contribution in [0.5, 0.6) is 5.75 Å². The Balaban J connectivity index is 1.70. The maximum Gasteiger partial charge on any atom is 0.336 e. The summed E-state index contributed by atoms with van der Waals surface area (Å²) in [5.74, 6) is -2.25. The van der Waals surface area contributed by atoms with Gasteiger partial charge in [0.2, 0.25) is 5.69 Å². The van der Waals surface area contributed by atoms with Crippen molar-refractivity contribution in [1.82, 2.24) is 0 Å². The lowest BCUT2D eigenvalue weighted by Crippen LogP contribution is -2.00. The van der Waals surface area contributed by atoms with Crippen LogP contribution in [0.4, 0.5) is 11.4 Å². The monoisotopic (exact) mass is 518 g/mol. The van der Waals surface area contributed by atoms with Gasteiger partial charge in [0.25, 0.3) is 0 Å². The third kappa shape index (κ3) is 5.68. The Morgan fingerprint density at radius 3 is 1.94 bits per heavy atom. The number of hydrogen-bond acceptors (Lipinski definition) is 7. The quantitative estimate of drug-likeness (QED) is 0.129. The molecule has 0 spiro atoms. The predicted octanol–water partition coefficient (Wildman–Crippen LogP) is 7.02. The first-order chi connectivity index (χ1) is 17.3. The maximum atomic E-state index is 13.0. The Bertz CT molecular complexity index is 1490. The molecular weight excluding hydrogens is 500 g/mol. The molecule has 0 aromatic heterocycles. The number of hydrogen-bond donors (Lipinski definition) is 3. The molecule has 0 aliphatic carbocycles. The van der Waals surface area contributed by atoms with Crippen LogP contribution in [0.2, 0.25) is 0 Å². The van der Waals surface area contributed by atoms with Gasteiger partial charge >= 0.3 is 11.9 Å². The Morgan fingerprint density at radius 1 is 0.694 bits per heavy atom. The van der Waals surface area contributed by atoms with Crippen LogP contribution in [0.15, 0.2) is 116 Å². The fourth-order valence-electron chi connectivity index (χ4n) is 3.19. The molecular formula is C26H18N2O6S2. The van der Waals surface area contributed by atoms with Gasteiger partial charge in [0.1, 0.15) is 11.4 Å². The van der Waals surface area contributed by atoms with E-state index in [0.29, 0.717) is 25.2 Å². The van der Waals surface area contributed by atoms with Gasteiger partial charge < -0.3 is 20.5 Å². The van der Waals surface area contributed by atoms with Gasteiger partial charge in [-0.1, -0.05) is 64.8 Å². The zero-order valence-electron chi connectivity index (χ0n) is 18.4. The second kappa shape index (κ2) is 11.0. The van der Waals surface area contributed by atoms with E-state index in [2.05, 4.69) is 5.11 Å². The average Bonchev–Trinajstić information content (AvgIpc) is 2.86. The van der Waals surface area contributed by atoms with Crippen molar-refractivity contribution in [2.45, 2.75) is 19.6 Å². The molecule has 0 saturated heterocycles. The highest BCUT2D eigenvalue weighted by Crippen LogP contribution is 2.39. The van der Waals surface area contributed by atoms with Crippen molar-refractivity contribution < 1.29 is 29.8 Å². The van der Waals surface area contributed by atoms with Crippen molar-refractivity contribution >= 4 is 46.8 Å². The number of aromatic hydroxyl groups is 1. The number of carbonyl (C=O) groups is 2. The van der Waals surface area contributed by atoms with Crippen molar-refractivity contribution in [3.05, 3.63) is 107 Å². The third-order valence-electron chi connectivity index (χ3n) is 4.90. The molecule has 0 heterocycles. The lowest BCUT2D eigenvalue weighted by Gasteiger charge is -2.09. The van der Waals surface area contributed by atoms with E-state index in [-0.39, 0.29) is 27.5 Å². The van der Waals surface area contributed by atoms with Gasteiger partial charge in [0.15, 0.2) is 0 Å². The molecule has 0 aliphatic heterocycles. The smallest absolute Gasteiger partial charge is 0.336 e. The summed E-state index contributed by atoms with van der Waals surface area (Å²) in [5.41, 5.74) is 0.506. The Labute approximate surface area is 214 Å². The summed E-state index contributed by atoms with van der Waals surface area (Å²) in [4.78, 5) is 25.4. The number of nitrogens with zero attached hydrogens (tertiary/aromatic N) is 2. The van der Waals surface area contributed by atoms with Crippen molar-refractivity contribution in [3.63, 3.8) is 0 Å². The first-order valence-electron chi connectivity index (χ1n) is 10.4. The van der Waals surface area contributed by atoms with Crippen LogP contribution in [0.3, 0.4) is 0 Å². The fraction of sp³-hybridized carbons (Fsp3) is 0. The molecule has 0 bridgehead atoms. The molecule has 0 unspecified atom stereocenters. The van der Waals surface area contributed by atoms with Gasteiger partial charge in [-0.15, -0.1) is 0 Å². The summed E-state index contributed by atoms with van der Waals surface area (Å²) in [5, 5.41) is 46.3. The van der Waals surface area contributed by atoms with E-state index < -0.39 is 11.9 Å². The summed E-state index contributed by atoms with van der Waals surface area (Å²) in [6.07, 6.45) is 0. The molecule has 180 valence electrons. The number of benzene rings is 4. The molecule has 0 amide bonds. The maximum absolute atomic E-state index is 13.0. The van der Waals surface area contributed by atoms with Crippen molar-refractivity contribution in [3.8, 4) is 5.75 Å². The van der Waals surface area contributed by atoms with E-state index in [0.717, 1.165) is 11.8 Å². The number of azo groups is 1. The minimum Gasteiger partial charge on any atom is -0.594 e. The highest BCUT2D eigenvalue weighted by Gasteiger charge is 2.18. The van der Waals surface area contributed by atoms with E-state index in [4.69, 9.17) is 0 Å². The minimum atomic E-state index is -1.17. The molecule has 4 aromatic carbocycles. The number of carboxylic acids is 2. The molecule has 4 rings (SSSR count). The van der Waals surface area contributed by atoms with Crippen LogP contribution in [-0.2, 0) is 0 Å². The lowest BCUT2D eigenvalue weighted by molar-refractivity contribution is -0.435. The molecule has 4 aromatic rings. The van der Waals surface area contributed by atoms with Crippen LogP contribution >= 0.6 is 23.5 Å². The van der Waals surface area contributed by atoms with Crippen LogP contribution < -0.4 is 0 Å². The zero-order chi connectivity index (χ0) is 25.7. The zero-order valence-corrected chi connectivity index (χ0v) is 20.1. The number of carboxylic acid groups (broad SMARTS) is 2. The summed E-state index contributed by atoms with van der Waals surface area (Å²) < 4.78 is 0. The van der Waals surface area contributed by atoms with E-state index in [1.54, 1.807) is 60.7 Å². The topological polar surface area (TPSA) is 133 Å². The summed E-state index contributed by atoms with van der Waals surface area (Å²) in [6, 6.07) is 23.9. The Morgan fingerprint density at radius 2 is 1.25 bits per heavy atom. The summed E-state index contributed by atoms with van der Waals surface area (Å²) in [6.45, 7) is 0. The van der Waals surface area contributed by atoms with E-state index >= 15 is 0 Å². The van der Waals surface area contributed by atoms with E-state index in [1.165, 1.54) is 42.1 Å². The SMILES string of the molecule is O=C(O)c1ccc([N+]([O-])=Nc2ccccc2Sc2ccccc2C(=O)O)cc1Sc1ccccc1O. The van der Waals surface area contributed by atoms with E-state index in [1.807, 2.05) is 0 Å². The minimum absolute atomic E-state index is 0.0134. The van der Waals surface area contributed by atoms with Crippen LogP contribution in [0.25, 0.3) is 0 Å². The number of aromatic carboxylic acids is 2. The van der Waals surface area contributed by atoms with Gasteiger partial charge in [0.05, 0.1) is 16.0 Å². The molecule has 8 nitrogen and oxygen atoms in total.